The summed E-state index contributed by atoms with van der Waals surface area (Å²) in [6.07, 6.45) is -4.68. The van der Waals surface area contributed by atoms with E-state index in [1.54, 1.807) is 12.1 Å². The van der Waals surface area contributed by atoms with E-state index in [2.05, 4.69) is 15.7 Å². The summed E-state index contributed by atoms with van der Waals surface area (Å²) in [4.78, 5) is 24.2. The van der Waals surface area contributed by atoms with Crippen molar-refractivity contribution in [2.45, 2.75) is 25.6 Å². The quantitative estimate of drug-likeness (QED) is 0.509. The SMILES string of the molecule is CNC(=O)c1ccc(C(C)C(=O)NCc2cc(C(F)(F)F)nn2-c2cccc(Cl)c2)cc1F. The van der Waals surface area contributed by atoms with Gasteiger partial charge in [0, 0.05) is 12.1 Å². The van der Waals surface area contributed by atoms with Gasteiger partial charge in [-0.05, 0) is 48.9 Å². The molecule has 0 aliphatic rings. The molecule has 0 aliphatic carbocycles. The third-order valence-corrected chi connectivity index (χ3v) is 5.16. The van der Waals surface area contributed by atoms with E-state index in [-0.39, 0.29) is 17.8 Å². The van der Waals surface area contributed by atoms with Gasteiger partial charge in [-0.3, -0.25) is 9.59 Å². The first kappa shape index (κ1) is 24.2. The van der Waals surface area contributed by atoms with Crippen LogP contribution in [0.3, 0.4) is 0 Å². The molecule has 3 aromatic rings. The van der Waals surface area contributed by atoms with Crippen molar-refractivity contribution in [2.75, 3.05) is 7.05 Å². The summed E-state index contributed by atoms with van der Waals surface area (Å²) in [5.74, 6) is -2.77. The molecule has 3 rings (SSSR count). The van der Waals surface area contributed by atoms with Crippen molar-refractivity contribution < 1.29 is 27.2 Å². The molecule has 2 aromatic carbocycles. The highest BCUT2D eigenvalue weighted by molar-refractivity contribution is 6.30. The fourth-order valence-electron chi connectivity index (χ4n) is 3.12. The number of nitrogens with one attached hydrogen (secondary N) is 2. The molecule has 1 heterocycles. The Morgan fingerprint density at radius 3 is 2.48 bits per heavy atom. The molecule has 1 unspecified atom stereocenters. The lowest BCUT2D eigenvalue weighted by Gasteiger charge is -2.14. The second-order valence-corrected chi connectivity index (χ2v) is 7.60. The molecule has 1 aromatic heterocycles. The highest BCUT2D eigenvalue weighted by Gasteiger charge is 2.35. The van der Waals surface area contributed by atoms with Crippen LogP contribution in [0.5, 0.6) is 0 Å². The number of carbonyl (C=O) groups is 2. The van der Waals surface area contributed by atoms with E-state index in [0.717, 1.165) is 16.8 Å². The first-order chi connectivity index (χ1) is 15.5. The third-order valence-electron chi connectivity index (χ3n) is 4.93. The van der Waals surface area contributed by atoms with E-state index in [4.69, 9.17) is 11.6 Å². The van der Waals surface area contributed by atoms with Gasteiger partial charge in [-0.2, -0.15) is 18.3 Å². The van der Waals surface area contributed by atoms with Crippen molar-refractivity contribution in [3.8, 4) is 5.69 Å². The van der Waals surface area contributed by atoms with Gasteiger partial charge in [-0.15, -0.1) is 0 Å². The molecule has 0 spiro atoms. The Morgan fingerprint density at radius 1 is 1.15 bits per heavy atom. The summed E-state index contributed by atoms with van der Waals surface area (Å²) in [7, 11) is 1.37. The van der Waals surface area contributed by atoms with E-state index in [1.807, 2.05) is 0 Å². The molecule has 11 heteroatoms. The van der Waals surface area contributed by atoms with Crippen LogP contribution in [0.4, 0.5) is 17.6 Å². The van der Waals surface area contributed by atoms with Crippen LogP contribution in [0.25, 0.3) is 5.69 Å². The number of nitrogens with zero attached hydrogens (tertiary/aromatic N) is 2. The topological polar surface area (TPSA) is 76.0 Å². The average molecular weight is 483 g/mol. The summed E-state index contributed by atoms with van der Waals surface area (Å²) in [6.45, 7) is 1.25. The lowest BCUT2D eigenvalue weighted by molar-refractivity contribution is -0.141. The maximum Gasteiger partial charge on any atom is 0.435 e. The van der Waals surface area contributed by atoms with E-state index >= 15 is 0 Å². The largest absolute Gasteiger partial charge is 0.435 e. The molecule has 0 aliphatic heterocycles. The van der Waals surface area contributed by atoms with Gasteiger partial charge in [0.15, 0.2) is 5.69 Å². The minimum atomic E-state index is -4.68. The van der Waals surface area contributed by atoms with E-state index in [9.17, 15) is 27.2 Å². The zero-order valence-corrected chi connectivity index (χ0v) is 18.3. The van der Waals surface area contributed by atoms with Gasteiger partial charge in [0.1, 0.15) is 5.82 Å². The number of aromatic nitrogens is 2. The second-order valence-electron chi connectivity index (χ2n) is 7.17. The Balaban J connectivity index is 1.81. The number of rotatable bonds is 6. The van der Waals surface area contributed by atoms with Crippen LogP contribution >= 0.6 is 11.6 Å². The summed E-state index contributed by atoms with van der Waals surface area (Å²) in [5.41, 5.74) is -0.615. The molecule has 0 bridgehead atoms. The van der Waals surface area contributed by atoms with Crippen LogP contribution < -0.4 is 10.6 Å². The Labute approximate surface area is 191 Å². The van der Waals surface area contributed by atoms with Crippen molar-refractivity contribution in [2.24, 2.45) is 0 Å². The monoisotopic (exact) mass is 482 g/mol. The highest BCUT2D eigenvalue weighted by Crippen LogP contribution is 2.30. The van der Waals surface area contributed by atoms with Crippen molar-refractivity contribution in [1.29, 1.82) is 0 Å². The highest BCUT2D eigenvalue weighted by atomic mass is 35.5. The Kier molecular flexibility index (Phi) is 7.06. The van der Waals surface area contributed by atoms with E-state index in [0.29, 0.717) is 16.3 Å². The maximum absolute atomic E-state index is 14.2. The summed E-state index contributed by atoms with van der Waals surface area (Å²) in [6, 6.07) is 10.7. The molecular formula is C22H19ClF4N4O2. The Hall–Kier alpha value is -3.40. The van der Waals surface area contributed by atoms with Crippen LogP contribution in [-0.2, 0) is 17.5 Å². The molecule has 0 saturated heterocycles. The number of halogens is 5. The molecule has 2 amide bonds. The van der Waals surface area contributed by atoms with Crippen LogP contribution in [0.15, 0.2) is 48.5 Å². The zero-order chi connectivity index (χ0) is 24.3. The van der Waals surface area contributed by atoms with Gasteiger partial charge < -0.3 is 10.6 Å². The van der Waals surface area contributed by atoms with Gasteiger partial charge in [0.05, 0.1) is 29.4 Å². The number of carbonyl (C=O) groups excluding carboxylic acids is 2. The predicted octanol–water partition coefficient (Wildman–Crippen LogP) is 4.46. The Morgan fingerprint density at radius 2 is 1.88 bits per heavy atom. The van der Waals surface area contributed by atoms with Crippen molar-refractivity contribution >= 4 is 23.4 Å². The molecule has 6 nitrogen and oxygen atoms in total. The molecular weight excluding hydrogens is 464 g/mol. The minimum Gasteiger partial charge on any atom is -0.355 e. The van der Waals surface area contributed by atoms with Crippen LogP contribution in [0, 0.1) is 5.82 Å². The van der Waals surface area contributed by atoms with E-state index in [1.165, 1.54) is 38.2 Å². The first-order valence-corrected chi connectivity index (χ1v) is 10.1. The minimum absolute atomic E-state index is 0.0753. The maximum atomic E-state index is 14.2. The fourth-order valence-corrected chi connectivity index (χ4v) is 3.30. The number of amides is 2. The van der Waals surface area contributed by atoms with Crippen LogP contribution in [0.2, 0.25) is 5.02 Å². The molecule has 174 valence electrons. The van der Waals surface area contributed by atoms with Gasteiger partial charge in [0.2, 0.25) is 5.91 Å². The zero-order valence-electron chi connectivity index (χ0n) is 17.5. The summed E-state index contributed by atoms with van der Waals surface area (Å²) in [5, 5.41) is 8.79. The first-order valence-electron chi connectivity index (χ1n) is 9.72. The molecule has 0 fully saturated rings. The van der Waals surface area contributed by atoms with Gasteiger partial charge in [-0.25, -0.2) is 9.07 Å². The number of alkyl halides is 3. The van der Waals surface area contributed by atoms with Crippen LogP contribution in [-0.4, -0.2) is 28.6 Å². The third kappa shape index (κ3) is 5.51. The number of hydrogen-bond acceptors (Lipinski definition) is 3. The smallest absolute Gasteiger partial charge is 0.355 e. The predicted molar refractivity (Wildman–Crippen MR) is 114 cm³/mol. The van der Waals surface area contributed by atoms with E-state index < -0.39 is 35.4 Å². The standard InChI is InChI=1S/C22H19ClF4N4O2/c1-12(13-6-7-17(18(24)8-13)21(33)28-2)20(32)29-11-16-10-19(22(25,26)27)30-31(16)15-5-3-4-14(23)9-15/h3-10,12H,11H2,1-2H3,(H,28,33)(H,29,32). The average Bonchev–Trinajstić information content (AvgIpc) is 3.21. The van der Waals surface area contributed by atoms with Crippen molar-refractivity contribution in [1.82, 2.24) is 20.4 Å². The Bertz CT molecular complexity index is 1190. The molecule has 33 heavy (non-hydrogen) atoms. The van der Waals surface area contributed by atoms with Crippen molar-refractivity contribution in [3.63, 3.8) is 0 Å². The fraction of sp³-hybridized carbons (Fsp3) is 0.227. The summed E-state index contributed by atoms with van der Waals surface area (Å²) < 4.78 is 55.0. The van der Waals surface area contributed by atoms with Gasteiger partial charge >= 0.3 is 6.18 Å². The normalized spacial score (nSPS) is 12.3. The van der Waals surface area contributed by atoms with Crippen molar-refractivity contribution in [3.05, 3.63) is 81.9 Å². The molecule has 1 atom stereocenters. The lowest BCUT2D eigenvalue weighted by atomic mass is 9.98. The van der Waals surface area contributed by atoms with Crippen LogP contribution in [0.1, 0.15) is 40.2 Å². The second kappa shape index (κ2) is 9.62. The van der Waals surface area contributed by atoms with Gasteiger partial charge in [0.25, 0.3) is 5.91 Å². The molecule has 0 saturated carbocycles. The summed E-state index contributed by atoms with van der Waals surface area (Å²) >= 11 is 5.94. The van der Waals surface area contributed by atoms with Gasteiger partial charge in [-0.1, -0.05) is 23.7 Å². The molecule has 2 N–H and O–H groups in total. The number of benzene rings is 2. The number of hydrogen-bond donors (Lipinski definition) is 2. The molecule has 0 radical (unpaired) electrons. The lowest BCUT2D eigenvalue weighted by Crippen LogP contribution is -2.28.